The summed E-state index contributed by atoms with van der Waals surface area (Å²) in [4.78, 5) is 13.9. The maximum Gasteiger partial charge on any atom is 0.314 e. The number of amides is 2. The van der Waals surface area contributed by atoms with Crippen LogP contribution in [0.15, 0.2) is 0 Å². The molecule has 2 rings (SSSR count). The summed E-state index contributed by atoms with van der Waals surface area (Å²) in [5, 5.41) is 5.56. The SMILES string of the molecule is O=C(NCCCN1CCOCC1)NCC1CCS(=O)(=O)C1. The lowest BCUT2D eigenvalue weighted by atomic mass is 10.1. The zero-order valence-corrected chi connectivity index (χ0v) is 13.2. The van der Waals surface area contributed by atoms with Crippen LogP contribution in [0.5, 0.6) is 0 Å². The van der Waals surface area contributed by atoms with E-state index in [1.807, 2.05) is 0 Å². The number of nitrogens with zero attached hydrogens (tertiary/aromatic N) is 1. The molecular weight excluding hydrogens is 294 g/mol. The molecule has 2 aliphatic heterocycles. The molecule has 0 radical (unpaired) electrons. The van der Waals surface area contributed by atoms with Crippen molar-refractivity contribution < 1.29 is 17.9 Å². The zero-order chi connectivity index (χ0) is 15.1. The van der Waals surface area contributed by atoms with Crippen LogP contribution in [0.1, 0.15) is 12.8 Å². The fraction of sp³-hybridized carbons (Fsp3) is 0.923. The van der Waals surface area contributed by atoms with Gasteiger partial charge in [-0.05, 0) is 25.3 Å². The Hall–Kier alpha value is -0.860. The molecule has 0 saturated carbocycles. The predicted molar refractivity (Wildman–Crippen MR) is 80.0 cm³/mol. The van der Waals surface area contributed by atoms with Crippen molar-refractivity contribution in [1.82, 2.24) is 15.5 Å². The molecule has 0 aromatic rings. The molecule has 0 aromatic carbocycles. The molecule has 0 aromatic heterocycles. The molecule has 0 spiro atoms. The van der Waals surface area contributed by atoms with Crippen LogP contribution in [0.2, 0.25) is 0 Å². The second-order valence-electron chi connectivity index (χ2n) is 5.71. The maximum atomic E-state index is 11.6. The number of ether oxygens (including phenoxy) is 1. The fourth-order valence-corrected chi connectivity index (χ4v) is 4.52. The normalized spacial score (nSPS) is 25.6. The Kier molecular flexibility index (Phi) is 6.25. The standard InChI is InChI=1S/C13H25N3O4S/c17-13(15-10-12-2-9-21(18,19)11-12)14-3-1-4-16-5-7-20-8-6-16/h12H,1-11H2,(H2,14,15,17). The van der Waals surface area contributed by atoms with Gasteiger partial charge in [-0.2, -0.15) is 0 Å². The third kappa shape index (κ3) is 6.19. The highest BCUT2D eigenvalue weighted by atomic mass is 32.2. The van der Waals surface area contributed by atoms with Crippen LogP contribution in [0.25, 0.3) is 0 Å². The van der Waals surface area contributed by atoms with Gasteiger partial charge in [-0.25, -0.2) is 13.2 Å². The summed E-state index contributed by atoms with van der Waals surface area (Å²) in [6, 6.07) is -0.207. The largest absolute Gasteiger partial charge is 0.379 e. The first-order valence-electron chi connectivity index (χ1n) is 7.57. The Balaban J connectivity index is 1.49. The lowest BCUT2D eigenvalue weighted by Crippen LogP contribution is -2.41. The number of urea groups is 1. The van der Waals surface area contributed by atoms with Crippen molar-refractivity contribution in [2.75, 3.05) is 57.4 Å². The molecule has 122 valence electrons. The van der Waals surface area contributed by atoms with Crippen LogP contribution in [-0.2, 0) is 14.6 Å². The van der Waals surface area contributed by atoms with Gasteiger partial charge in [-0.1, -0.05) is 0 Å². The number of sulfone groups is 1. The second-order valence-corrected chi connectivity index (χ2v) is 7.94. The van der Waals surface area contributed by atoms with Gasteiger partial charge in [-0.3, -0.25) is 4.90 Å². The summed E-state index contributed by atoms with van der Waals surface area (Å²) in [7, 11) is -2.86. The van der Waals surface area contributed by atoms with Gasteiger partial charge in [0.05, 0.1) is 24.7 Å². The van der Waals surface area contributed by atoms with Crippen molar-refractivity contribution in [3.05, 3.63) is 0 Å². The third-order valence-electron chi connectivity index (χ3n) is 3.92. The van der Waals surface area contributed by atoms with Crippen molar-refractivity contribution in [3.63, 3.8) is 0 Å². The average molecular weight is 319 g/mol. The summed E-state index contributed by atoms with van der Waals surface area (Å²) >= 11 is 0. The molecule has 2 saturated heterocycles. The van der Waals surface area contributed by atoms with E-state index in [1.165, 1.54) is 0 Å². The van der Waals surface area contributed by atoms with Crippen LogP contribution < -0.4 is 10.6 Å². The Bertz CT molecular complexity index is 435. The van der Waals surface area contributed by atoms with E-state index in [-0.39, 0.29) is 23.5 Å². The van der Waals surface area contributed by atoms with Crippen LogP contribution in [-0.4, -0.2) is 76.8 Å². The van der Waals surface area contributed by atoms with Crippen molar-refractivity contribution in [2.45, 2.75) is 12.8 Å². The minimum atomic E-state index is -2.86. The van der Waals surface area contributed by atoms with Crippen LogP contribution in [0.4, 0.5) is 4.79 Å². The van der Waals surface area contributed by atoms with Crippen molar-refractivity contribution >= 4 is 15.9 Å². The topological polar surface area (TPSA) is 87.7 Å². The van der Waals surface area contributed by atoms with Crippen LogP contribution in [0, 0.1) is 5.92 Å². The first-order valence-corrected chi connectivity index (χ1v) is 9.39. The average Bonchev–Trinajstić information content (AvgIpc) is 2.82. The summed E-state index contributed by atoms with van der Waals surface area (Å²) in [5.41, 5.74) is 0. The molecule has 8 heteroatoms. The smallest absolute Gasteiger partial charge is 0.314 e. The van der Waals surface area contributed by atoms with E-state index in [0.717, 1.165) is 39.3 Å². The molecule has 7 nitrogen and oxygen atoms in total. The molecule has 1 unspecified atom stereocenters. The first kappa shape index (κ1) is 16.5. The number of carbonyl (C=O) groups excluding carboxylic acids is 1. The molecule has 2 heterocycles. The summed E-state index contributed by atoms with van der Waals surface area (Å²) in [6.07, 6.45) is 1.56. The minimum absolute atomic E-state index is 0.0640. The highest BCUT2D eigenvalue weighted by Gasteiger charge is 2.27. The summed E-state index contributed by atoms with van der Waals surface area (Å²) in [6.45, 7) is 5.53. The quantitative estimate of drug-likeness (QED) is 0.641. The molecule has 0 bridgehead atoms. The van der Waals surface area contributed by atoms with E-state index in [0.29, 0.717) is 19.5 Å². The van der Waals surface area contributed by atoms with Gasteiger partial charge in [-0.15, -0.1) is 0 Å². The lowest BCUT2D eigenvalue weighted by Gasteiger charge is -2.26. The van der Waals surface area contributed by atoms with E-state index < -0.39 is 9.84 Å². The van der Waals surface area contributed by atoms with Gasteiger partial charge in [0, 0.05) is 26.2 Å². The van der Waals surface area contributed by atoms with E-state index in [4.69, 9.17) is 4.74 Å². The highest BCUT2D eigenvalue weighted by molar-refractivity contribution is 7.91. The Morgan fingerprint density at radius 3 is 2.67 bits per heavy atom. The minimum Gasteiger partial charge on any atom is -0.379 e. The Labute approximate surface area is 126 Å². The van der Waals surface area contributed by atoms with Crippen molar-refractivity contribution in [1.29, 1.82) is 0 Å². The van der Waals surface area contributed by atoms with Gasteiger partial charge >= 0.3 is 6.03 Å². The fourth-order valence-electron chi connectivity index (χ4n) is 2.66. The van der Waals surface area contributed by atoms with Gasteiger partial charge < -0.3 is 15.4 Å². The van der Waals surface area contributed by atoms with Gasteiger partial charge in [0.1, 0.15) is 0 Å². The van der Waals surface area contributed by atoms with E-state index in [9.17, 15) is 13.2 Å². The summed E-state index contributed by atoms with van der Waals surface area (Å²) < 4.78 is 27.9. The maximum absolute atomic E-state index is 11.6. The lowest BCUT2D eigenvalue weighted by molar-refractivity contribution is 0.0375. The molecule has 1 atom stereocenters. The van der Waals surface area contributed by atoms with Crippen LogP contribution >= 0.6 is 0 Å². The monoisotopic (exact) mass is 319 g/mol. The number of rotatable bonds is 6. The van der Waals surface area contributed by atoms with E-state index in [1.54, 1.807) is 0 Å². The van der Waals surface area contributed by atoms with Crippen molar-refractivity contribution in [3.8, 4) is 0 Å². The number of nitrogens with one attached hydrogen (secondary N) is 2. The zero-order valence-electron chi connectivity index (χ0n) is 12.3. The molecule has 2 aliphatic rings. The molecule has 2 N–H and O–H groups in total. The number of carbonyl (C=O) groups is 1. The molecule has 2 amide bonds. The predicted octanol–water partition coefficient (Wildman–Crippen LogP) is -0.557. The second kappa shape index (κ2) is 7.95. The van der Waals surface area contributed by atoms with Crippen LogP contribution in [0.3, 0.4) is 0 Å². The number of hydrogen-bond donors (Lipinski definition) is 2. The van der Waals surface area contributed by atoms with E-state index in [2.05, 4.69) is 15.5 Å². The first-order chi connectivity index (χ1) is 10.1. The van der Waals surface area contributed by atoms with Gasteiger partial charge in [0.25, 0.3) is 0 Å². The Morgan fingerprint density at radius 2 is 2.00 bits per heavy atom. The number of hydrogen-bond acceptors (Lipinski definition) is 5. The molecule has 2 fully saturated rings. The van der Waals surface area contributed by atoms with E-state index >= 15 is 0 Å². The Morgan fingerprint density at radius 1 is 1.24 bits per heavy atom. The number of morpholine rings is 1. The summed E-state index contributed by atoms with van der Waals surface area (Å²) in [5.74, 6) is 0.513. The third-order valence-corrected chi connectivity index (χ3v) is 5.76. The molecule has 0 aliphatic carbocycles. The highest BCUT2D eigenvalue weighted by Crippen LogP contribution is 2.17. The van der Waals surface area contributed by atoms with Gasteiger partial charge in [0.2, 0.25) is 0 Å². The molecule has 21 heavy (non-hydrogen) atoms. The van der Waals surface area contributed by atoms with Gasteiger partial charge in [0.15, 0.2) is 9.84 Å². The molecular formula is C13H25N3O4S. The van der Waals surface area contributed by atoms with Crippen molar-refractivity contribution in [2.24, 2.45) is 5.92 Å².